The van der Waals surface area contributed by atoms with Crippen molar-refractivity contribution < 1.29 is 19.0 Å². The number of methoxy groups -OCH3 is 3. The average molecular weight is 377 g/mol. The number of ketones is 1. The second-order valence-corrected chi connectivity index (χ2v) is 5.51. The zero-order valence-electron chi connectivity index (χ0n) is 13.1. The molecule has 0 aromatic heterocycles. The lowest BCUT2D eigenvalue weighted by Crippen LogP contribution is -2.00. The Morgan fingerprint density at radius 3 is 2.17 bits per heavy atom. The summed E-state index contributed by atoms with van der Waals surface area (Å²) in [4.78, 5) is 12.4. The van der Waals surface area contributed by atoms with Gasteiger partial charge >= 0.3 is 0 Å². The molecule has 0 N–H and O–H groups in total. The molecule has 0 bridgehead atoms. The van der Waals surface area contributed by atoms with Crippen LogP contribution < -0.4 is 14.2 Å². The molecular formula is C18H17BrO4. The van der Waals surface area contributed by atoms with E-state index in [0.29, 0.717) is 21.5 Å². The molecule has 0 atom stereocenters. The van der Waals surface area contributed by atoms with Crippen LogP contribution in [0.4, 0.5) is 0 Å². The van der Waals surface area contributed by atoms with E-state index in [2.05, 4.69) is 15.9 Å². The number of carbonyl (C=O) groups excluding carboxylic acids is 1. The highest BCUT2D eigenvalue weighted by atomic mass is 79.9. The predicted octanol–water partition coefficient (Wildman–Crippen LogP) is 4.37. The molecule has 2 aromatic rings. The molecule has 0 aliphatic heterocycles. The number of ether oxygens (including phenoxy) is 3. The van der Waals surface area contributed by atoms with Crippen LogP contribution in [0.1, 0.15) is 15.9 Å². The Morgan fingerprint density at radius 2 is 1.61 bits per heavy atom. The third-order valence-electron chi connectivity index (χ3n) is 3.28. The lowest BCUT2D eigenvalue weighted by molar-refractivity contribution is 0.104. The van der Waals surface area contributed by atoms with Gasteiger partial charge in [-0.3, -0.25) is 4.79 Å². The van der Waals surface area contributed by atoms with E-state index in [1.165, 1.54) is 13.2 Å². The van der Waals surface area contributed by atoms with E-state index in [9.17, 15) is 4.79 Å². The van der Waals surface area contributed by atoms with Crippen LogP contribution in [0.3, 0.4) is 0 Å². The zero-order valence-corrected chi connectivity index (χ0v) is 14.7. The van der Waals surface area contributed by atoms with Crippen LogP contribution in [0.25, 0.3) is 6.08 Å². The molecule has 0 saturated heterocycles. The summed E-state index contributed by atoms with van der Waals surface area (Å²) in [6.07, 6.45) is 3.26. The highest BCUT2D eigenvalue weighted by Gasteiger charge is 2.14. The Morgan fingerprint density at radius 1 is 0.957 bits per heavy atom. The molecule has 0 fully saturated rings. The van der Waals surface area contributed by atoms with Crippen molar-refractivity contribution >= 4 is 27.8 Å². The van der Waals surface area contributed by atoms with Gasteiger partial charge in [-0.2, -0.15) is 0 Å². The van der Waals surface area contributed by atoms with Gasteiger partial charge in [0.1, 0.15) is 17.2 Å². The van der Waals surface area contributed by atoms with Gasteiger partial charge in [0.15, 0.2) is 5.78 Å². The van der Waals surface area contributed by atoms with Crippen molar-refractivity contribution in [3.63, 3.8) is 0 Å². The molecule has 4 nitrogen and oxygen atoms in total. The van der Waals surface area contributed by atoms with E-state index < -0.39 is 0 Å². The largest absolute Gasteiger partial charge is 0.497 e. The number of benzene rings is 2. The van der Waals surface area contributed by atoms with Crippen LogP contribution in [-0.4, -0.2) is 27.1 Å². The number of hydrogen-bond donors (Lipinski definition) is 0. The Bertz CT molecular complexity index is 721. The van der Waals surface area contributed by atoms with Gasteiger partial charge in [-0.05, 0) is 45.8 Å². The molecule has 0 heterocycles. The average Bonchev–Trinajstić information content (AvgIpc) is 2.59. The quantitative estimate of drug-likeness (QED) is 0.554. The third-order valence-corrected chi connectivity index (χ3v) is 3.90. The lowest BCUT2D eigenvalue weighted by Gasteiger charge is -2.10. The third kappa shape index (κ3) is 4.13. The van der Waals surface area contributed by atoms with Crippen molar-refractivity contribution in [2.75, 3.05) is 21.3 Å². The molecule has 0 aliphatic carbocycles. The summed E-state index contributed by atoms with van der Waals surface area (Å²) in [5, 5.41) is 0. The first kappa shape index (κ1) is 17.1. The minimum Gasteiger partial charge on any atom is -0.497 e. The number of carbonyl (C=O) groups is 1. The summed E-state index contributed by atoms with van der Waals surface area (Å²) >= 11 is 3.38. The number of rotatable bonds is 6. The number of allylic oxidation sites excluding steroid dienone is 1. The Hall–Kier alpha value is -2.27. The fourth-order valence-corrected chi connectivity index (χ4v) is 2.53. The highest BCUT2D eigenvalue weighted by Crippen LogP contribution is 2.33. The van der Waals surface area contributed by atoms with E-state index in [-0.39, 0.29) is 5.78 Å². The van der Waals surface area contributed by atoms with E-state index in [0.717, 1.165) is 11.3 Å². The molecule has 2 rings (SSSR count). The smallest absolute Gasteiger partial charge is 0.189 e. The summed E-state index contributed by atoms with van der Waals surface area (Å²) in [5.74, 6) is 1.70. The first-order chi connectivity index (χ1) is 11.1. The monoisotopic (exact) mass is 376 g/mol. The molecule has 0 unspecified atom stereocenters. The molecular weight excluding hydrogens is 360 g/mol. The normalized spacial score (nSPS) is 10.6. The fraction of sp³-hybridized carbons (Fsp3) is 0.167. The second kappa shape index (κ2) is 7.83. The predicted molar refractivity (Wildman–Crippen MR) is 93.6 cm³/mol. The minimum atomic E-state index is -0.152. The Labute approximate surface area is 143 Å². The van der Waals surface area contributed by atoms with Gasteiger partial charge in [0.25, 0.3) is 0 Å². The fourth-order valence-electron chi connectivity index (χ4n) is 2.03. The summed E-state index contributed by atoms with van der Waals surface area (Å²) in [5.41, 5.74) is 1.37. The lowest BCUT2D eigenvalue weighted by atomic mass is 10.1. The number of hydrogen-bond acceptors (Lipinski definition) is 4. The van der Waals surface area contributed by atoms with Crippen molar-refractivity contribution in [2.45, 2.75) is 0 Å². The minimum absolute atomic E-state index is 0.152. The maximum Gasteiger partial charge on any atom is 0.189 e. The second-order valence-electron chi connectivity index (χ2n) is 4.66. The topological polar surface area (TPSA) is 44.8 Å². The van der Waals surface area contributed by atoms with Crippen LogP contribution in [0.15, 0.2) is 46.9 Å². The molecule has 0 aliphatic rings. The molecule has 120 valence electrons. The van der Waals surface area contributed by atoms with Gasteiger partial charge in [-0.1, -0.05) is 18.2 Å². The molecule has 2 aromatic carbocycles. The summed E-state index contributed by atoms with van der Waals surface area (Å²) in [6.45, 7) is 0. The number of halogens is 1. The van der Waals surface area contributed by atoms with Crippen LogP contribution in [-0.2, 0) is 0 Å². The van der Waals surface area contributed by atoms with Crippen molar-refractivity contribution in [3.8, 4) is 17.2 Å². The molecule has 0 spiro atoms. The van der Waals surface area contributed by atoms with Gasteiger partial charge < -0.3 is 14.2 Å². The van der Waals surface area contributed by atoms with E-state index in [1.54, 1.807) is 32.4 Å². The SMILES string of the molecule is COc1ccc(/C=C/C(=O)c2cc(Br)c(OC)cc2OC)cc1. The molecule has 5 heteroatoms. The van der Waals surface area contributed by atoms with Crippen molar-refractivity contribution in [1.82, 2.24) is 0 Å². The Kier molecular flexibility index (Phi) is 5.82. The van der Waals surface area contributed by atoms with E-state index >= 15 is 0 Å². The Balaban J connectivity index is 2.25. The molecule has 0 saturated carbocycles. The first-order valence-corrected chi connectivity index (χ1v) is 7.66. The summed E-state index contributed by atoms with van der Waals surface area (Å²) in [6, 6.07) is 10.8. The van der Waals surface area contributed by atoms with Crippen LogP contribution in [0.2, 0.25) is 0 Å². The van der Waals surface area contributed by atoms with Gasteiger partial charge in [0.05, 0.1) is 31.4 Å². The van der Waals surface area contributed by atoms with Gasteiger partial charge in [-0.25, -0.2) is 0 Å². The molecule has 0 radical (unpaired) electrons. The van der Waals surface area contributed by atoms with Crippen LogP contribution in [0, 0.1) is 0 Å². The summed E-state index contributed by atoms with van der Waals surface area (Å²) in [7, 11) is 4.69. The van der Waals surface area contributed by atoms with Gasteiger partial charge in [-0.15, -0.1) is 0 Å². The van der Waals surface area contributed by atoms with E-state index in [4.69, 9.17) is 14.2 Å². The molecule has 23 heavy (non-hydrogen) atoms. The summed E-state index contributed by atoms with van der Waals surface area (Å²) < 4.78 is 16.3. The van der Waals surface area contributed by atoms with Crippen molar-refractivity contribution in [2.24, 2.45) is 0 Å². The van der Waals surface area contributed by atoms with Crippen molar-refractivity contribution in [1.29, 1.82) is 0 Å². The van der Waals surface area contributed by atoms with E-state index in [1.807, 2.05) is 24.3 Å². The first-order valence-electron chi connectivity index (χ1n) is 6.87. The maximum atomic E-state index is 12.4. The zero-order chi connectivity index (χ0) is 16.8. The van der Waals surface area contributed by atoms with Crippen molar-refractivity contribution in [3.05, 3.63) is 58.1 Å². The van der Waals surface area contributed by atoms with Crippen LogP contribution in [0.5, 0.6) is 17.2 Å². The van der Waals surface area contributed by atoms with Gasteiger partial charge in [0, 0.05) is 6.07 Å². The van der Waals surface area contributed by atoms with Crippen LogP contribution >= 0.6 is 15.9 Å². The highest BCUT2D eigenvalue weighted by molar-refractivity contribution is 9.10. The maximum absolute atomic E-state index is 12.4. The van der Waals surface area contributed by atoms with Gasteiger partial charge in [0.2, 0.25) is 0 Å². The standard InChI is InChI=1S/C18H17BrO4/c1-21-13-7-4-12(5-8-13)6-9-16(20)14-10-15(19)18(23-3)11-17(14)22-2/h4-11H,1-3H3/b9-6+. The molecule has 0 amide bonds.